The van der Waals surface area contributed by atoms with Crippen LogP contribution < -0.4 is 5.32 Å². The third-order valence-electron chi connectivity index (χ3n) is 3.02. The first-order valence-corrected chi connectivity index (χ1v) is 7.12. The summed E-state index contributed by atoms with van der Waals surface area (Å²) in [5, 5.41) is 2.81. The largest absolute Gasteiger partial charge is 0.350 e. The van der Waals surface area contributed by atoms with Gasteiger partial charge in [-0.3, -0.25) is 9.69 Å². The molecule has 106 valence electrons. The molecule has 0 saturated carbocycles. The van der Waals surface area contributed by atoms with Gasteiger partial charge in [0.25, 0.3) is 5.91 Å². The smallest absolute Gasteiger partial charge is 0.251 e. The van der Waals surface area contributed by atoms with Gasteiger partial charge in [0.15, 0.2) is 0 Å². The average molecular weight is 332 g/mol. The molecule has 1 aromatic rings. The molecule has 0 bridgehead atoms. The second-order valence-corrected chi connectivity index (χ2v) is 5.09. The van der Waals surface area contributed by atoms with Crippen LogP contribution in [0.2, 0.25) is 0 Å². The van der Waals surface area contributed by atoms with E-state index in [1.165, 1.54) is 6.07 Å². The fourth-order valence-corrected chi connectivity index (χ4v) is 2.33. The number of amides is 1. The maximum absolute atomic E-state index is 13.1. The zero-order valence-corrected chi connectivity index (χ0v) is 13.0. The van der Waals surface area contributed by atoms with Crippen molar-refractivity contribution in [2.24, 2.45) is 0 Å². The van der Waals surface area contributed by atoms with Crippen LogP contribution in [-0.4, -0.2) is 41.5 Å². The summed E-state index contributed by atoms with van der Waals surface area (Å²) in [6, 6.07) is 2.87. The lowest BCUT2D eigenvalue weighted by molar-refractivity contribution is 0.0937. The molecule has 0 aromatic carbocycles. The van der Waals surface area contributed by atoms with E-state index >= 15 is 0 Å². The summed E-state index contributed by atoms with van der Waals surface area (Å²) in [5.41, 5.74) is 0.270. The van der Waals surface area contributed by atoms with Gasteiger partial charge >= 0.3 is 0 Å². The summed E-state index contributed by atoms with van der Waals surface area (Å²) in [6.07, 6.45) is 0. The van der Waals surface area contributed by atoms with E-state index in [1.54, 1.807) is 0 Å². The lowest BCUT2D eigenvalue weighted by Gasteiger charge is -2.26. The molecule has 6 heteroatoms. The van der Waals surface area contributed by atoms with Gasteiger partial charge in [0.2, 0.25) is 5.95 Å². The molecule has 0 aliphatic rings. The van der Waals surface area contributed by atoms with E-state index in [4.69, 9.17) is 0 Å². The molecular weight excluding hydrogens is 313 g/mol. The van der Waals surface area contributed by atoms with E-state index in [-0.39, 0.29) is 17.5 Å². The molecule has 0 aliphatic carbocycles. The number of likely N-dealkylation sites (N-methyl/N-ethyl adjacent to an activating group) is 1. The molecule has 4 nitrogen and oxygen atoms in total. The molecule has 1 amide bonds. The van der Waals surface area contributed by atoms with E-state index in [9.17, 15) is 9.18 Å². The van der Waals surface area contributed by atoms with Crippen molar-refractivity contribution in [3.8, 4) is 0 Å². The zero-order valence-electron chi connectivity index (χ0n) is 11.4. The Bertz CT molecular complexity index is 418. The SMILES string of the molecule is CCN(CC)[C@@H](C)CNC(=O)c1cc(F)nc(Br)c1. The van der Waals surface area contributed by atoms with E-state index in [0.717, 1.165) is 19.2 Å². The quantitative estimate of drug-likeness (QED) is 0.814. The number of pyridine rings is 1. The highest BCUT2D eigenvalue weighted by atomic mass is 79.9. The summed E-state index contributed by atoms with van der Waals surface area (Å²) in [4.78, 5) is 17.7. The summed E-state index contributed by atoms with van der Waals surface area (Å²) in [5.74, 6) is -0.961. The van der Waals surface area contributed by atoms with Crippen molar-refractivity contribution < 1.29 is 9.18 Å². The van der Waals surface area contributed by atoms with Crippen molar-refractivity contribution in [3.63, 3.8) is 0 Å². The monoisotopic (exact) mass is 331 g/mol. The van der Waals surface area contributed by atoms with Gasteiger partial charge in [-0.25, -0.2) is 4.98 Å². The molecule has 0 fully saturated rings. The molecule has 0 radical (unpaired) electrons. The van der Waals surface area contributed by atoms with Gasteiger partial charge in [0.1, 0.15) is 4.60 Å². The van der Waals surface area contributed by atoms with Crippen molar-refractivity contribution in [3.05, 3.63) is 28.2 Å². The first-order chi connectivity index (χ1) is 8.97. The molecule has 19 heavy (non-hydrogen) atoms. The molecule has 1 heterocycles. The van der Waals surface area contributed by atoms with Crippen LogP contribution in [-0.2, 0) is 0 Å². The van der Waals surface area contributed by atoms with Crippen molar-refractivity contribution >= 4 is 21.8 Å². The fourth-order valence-electron chi connectivity index (χ4n) is 1.91. The van der Waals surface area contributed by atoms with Gasteiger partial charge in [-0.2, -0.15) is 4.39 Å². The number of halogens is 2. The molecule has 0 aliphatic heterocycles. The third-order valence-corrected chi connectivity index (χ3v) is 3.42. The van der Waals surface area contributed by atoms with Crippen LogP contribution in [0.4, 0.5) is 4.39 Å². The molecule has 0 unspecified atom stereocenters. The van der Waals surface area contributed by atoms with E-state index in [0.29, 0.717) is 11.1 Å². The van der Waals surface area contributed by atoms with Crippen LogP contribution in [0.1, 0.15) is 31.1 Å². The lowest BCUT2D eigenvalue weighted by atomic mass is 10.2. The Morgan fingerprint density at radius 2 is 2.11 bits per heavy atom. The van der Waals surface area contributed by atoms with Gasteiger partial charge in [-0.05, 0) is 42.0 Å². The molecule has 1 rings (SSSR count). The Balaban J connectivity index is 2.60. The summed E-state index contributed by atoms with van der Waals surface area (Å²) in [7, 11) is 0. The fraction of sp³-hybridized carbons (Fsp3) is 0.538. The van der Waals surface area contributed by atoms with Gasteiger partial charge in [-0.1, -0.05) is 13.8 Å². The van der Waals surface area contributed by atoms with Crippen LogP contribution in [0.15, 0.2) is 16.7 Å². The Hall–Kier alpha value is -1.01. The molecule has 0 saturated heterocycles. The van der Waals surface area contributed by atoms with Crippen molar-refractivity contribution in [2.45, 2.75) is 26.8 Å². The maximum atomic E-state index is 13.1. The number of aromatic nitrogens is 1. The predicted octanol–water partition coefficient (Wildman–Crippen LogP) is 2.44. The molecule has 1 atom stereocenters. The standard InChI is InChI=1S/C13H19BrFN3O/c1-4-18(5-2)9(3)8-16-13(19)10-6-11(14)17-12(15)7-10/h6-7,9H,4-5,8H2,1-3H3,(H,16,19)/t9-/m0/s1. The highest BCUT2D eigenvalue weighted by Crippen LogP contribution is 2.10. The zero-order chi connectivity index (χ0) is 14.4. The van der Waals surface area contributed by atoms with E-state index < -0.39 is 5.95 Å². The van der Waals surface area contributed by atoms with Crippen LogP contribution in [0.25, 0.3) is 0 Å². The number of carbonyl (C=O) groups excluding carboxylic acids is 1. The Labute approximate surface area is 121 Å². The molecular formula is C13H19BrFN3O. The minimum atomic E-state index is -0.670. The summed E-state index contributed by atoms with van der Waals surface area (Å²) in [6.45, 7) is 8.61. The second kappa shape index (κ2) is 7.55. The predicted molar refractivity (Wildman–Crippen MR) is 76.6 cm³/mol. The van der Waals surface area contributed by atoms with Crippen LogP contribution >= 0.6 is 15.9 Å². The third kappa shape index (κ3) is 4.87. The first-order valence-electron chi connectivity index (χ1n) is 6.33. The topological polar surface area (TPSA) is 45.2 Å². The van der Waals surface area contributed by atoms with E-state index in [2.05, 4.69) is 51.9 Å². The molecule has 1 aromatic heterocycles. The summed E-state index contributed by atoms with van der Waals surface area (Å²) >= 11 is 3.07. The van der Waals surface area contributed by atoms with Gasteiger partial charge < -0.3 is 5.32 Å². The number of hydrogen-bond donors (Lipinski definition) is 1. The number of nitrogens with zero attached hydrogens (tertiary/aromatic N) is 2. The molecule has 1 N–H and O–H groups in total. The van der Waals surface area contributed by atoms with Crippen LogP contribution in [0, 0.1) is 5.95 Å². The van der Waals surface area contributed by atoms with E-state index in [1.807, 2.05) is 0 Å². The number of hydrogen-bond acceptors (Lipinski definition) is 3. The van der Waals surface area contributed by atoms with Crippen molar-refractivity contribution in [1.29, 1.82) is 0 Å². The van der Waals surface area contributed by atoms with Crippen molar-refractivity contribution in [1.82, 2.24) is 15.2 Å². The highest BCUT2D eigenvalue weighted by molar-refractivity contribution is 9.10. The van der Waals surface area contributed by atoms with Gasteiger partial charge in [0.05, 0.1) is 0 Å². The maximum Gasteiger partial charge on any atom is 0.251 e. The summed E-state index contributed by atoms with van der Waals surface area (Å²) < 4.78 is 13.4. The second-order valence-electron chi connectivity index (χ2n) is 4.28. The number of carbonyl (C=O) groups is 1. The Kier molecular flexibility index (Phi) is 6.37. The first kappa shape index (κ1) is 16.0. The normalized spacial score (nSPS) is 12.5. The number of rotatable bonds is 6. The molecule has 0 spiro atoms. The van der Waals surface area contributed by atoms with Gasteiger partial charge in [-0.15, -0.1) is 0 Å². The van der Waals surface area contributed by atoms with Crippen LogP contribution in [0.3, 0.4) is 0 Å². The minimum Gasteiger partial charge on any atom is -0.350 e. The number of nitrogens with one attached hydrogen (secondary N) is 1. The minimum absolute atomic E-state index is 0.245. The Morgan fingerprint density at radius 3 is 2.63 bits per heavy atom. The highest BCUT2D eigenvalue weighted by Gasteiger charge is 2.13. The van der Waals surface area contributed by atoms with Crippen molar-refractivity contribution in [2.75, 3.05) is 19.6 Å². The van der Waals surface area contributed by atoms with Gasteiger partial charge in [0, 0.05) is 24.2 Å². The Morgan fingerprint density at radius 1 is 1.47 bits per heavy atom. The average Bonchev–Trinajstić information content (AvgIpc) is 2.36. The van der Waals surface area contributed by atoms with Crippen LogP contribution in [0.5, 0.6) is 0 Å². The lowest BCUT2D eigenvalue weighted by Crippen LogP contribution is -2.42.